The second kappa shape index (κ2) is 9.15. The molecule has 160 valence electrons. The van der Waals surface area contributed by atoms with Crippen LogP contribution in [0.5, 0.6) is 0 Å². The zero-order valence-electron chi connectivity index (χ0n) is 18.2. The average Bonchev–Trinajstić information content (AvgIpc) is 2.78. The second-order valence-electron chi connectivity index (χ2n) is 9.26. The number of rotatable bonds is 4. The van der Waals surface area contributed by atoms with Crippen LogP contribution in [-0.2, 0) is 16.0 Å². The number of amides is 2. The summed E-state index contributed by atoms with van der Waals surface area (Å²) in [6.45, 7) is 7.42. The molecule has 0 saturated carbocycles. The van der Waals surface area contributed by atoms with Gasteiger partial charge in [-0.25, -0.2) is 0 Å². The Morgan fingerprint density at radius 3 is 2.60 bits per heavy atom. The van der Waals surface area contributed by atoms with E-state index in [1.165, 1.54) is 11.8 Å². The Hall–Kier alpha value is -2.43. The SMILES string of the molecule is C[C@H]1CCCN(C(=O)C2CCN(C(=O)[C@H](C)Cc3cncc4ccccc34)CC2)C1. The van der Waals surface area contributed by atoms with Crippen molar-refractivity contribution < 1.29 is 9.59 Å². The van der Waals surface area contributed by atoms with Crippen LogP contribution in [0.2, 0.25) is 0 Å². The largest absolute Gasteiger partial charge is 0.342 e. The van der Waals surface area contributed by atoms with Crippen molar-refractivity contribution >= 4 is 22.6 Å². The fraction of sp³-hybridized carbons (Fsp3) is 0.560. The Morgan fingerprint density at radius 2 is 1.83 bits per heavy atom. The lowest BCUT2D eigenvalue weighted by Crippen LogP contribution is -2.47. The highest BCUT2D eigenvalue weighted by Gasteiger charge is 2.32. The Balaban J connectivity index is 1.33. The molecule has 3 heterocycles. The maximum atomic E-state index is 13.1. The molecule has 1 aromatic carbocycles. The first-order valence-electron chi connectivity index (χ1n) is 11.4. The molecule has 2 amide bonds. The lowest BCUT2D eigenvalue weighted by molar-refractivity contribution is -0.143. The van der Waals surface area contributed by atoms with Crippen molar-refractivity contribution in [2.75, 3.05) is 26.2 Å². The summed E-state index contributed by atoms with van der Waals surface area (Å²) in [6.07, 6.45) is 8.37. The van der Waals surface area contributed by atoms with Gasteiger partial charge in [-0.2, -0.15) is 0 Å². The summed E-state index contributed by atoms with van der Waals surface area (Å²) >= 11 is 0. The van der Waals surface area contributed by atoms with Gasteiger partial charge in [0.25, 0.3) is 0 Å². The summed E-state index contributed by atoms with van der Waals surface area (Å²) in [5.74, 6) is 1.10. The molecule has 0 N–H and O–H groups in total. The van der Waals surface area contributed by atoms with Crippen LogP contribution in [0.15, 0.2) is 36.7 Å². The van der Waals surface area contributed by atoms with Crippen molar-refractivity contribution in [2.24, 2.45) is 17.8 Å². The predicted molar refractivity (Wildman–Crippen MR) is 119 cm³/mol. The molecule has 1 aromatic heterocycles. The van der Waals surface area contributed by atoms with Gasteiger partial charge in [-0.15, -0.1) is 0 Å². The number of fused-ring (bicyclic) bond motifs is 1. The molecule has 2 fully saturated rings. The number of pyridine rings is 1. The van der Waals surface area contributed by atoms with E-state index in [2.05, 4.69) is 28.9 Å². The number of likely N-dealkylation sites (tertiary alicyclic amines) is 2. The number of benzene rings is 1. The maximum Gasteiger partial charge on any atom is 0.225 e. The number of piperidine rings is 2. The van der Waals surface area contributed by atoms with E-state index >= 15 is 0 Å². The van der Waals surface area contributed by atoms with Gasteiger partial charge < -0.3 is 9.80 Å². The van der Waals surface area contributed by atoms with Crippen molar-refractivity contribution in [3.8, 4) is 0 Å². The molecule has 5 nitrogen and oxygen atoms in total. The van der Waals surface area contributed by atoms with Crippen molar-refractivity contribution in [2.45, 2.75) is 46.0 Å². The normalized spacial score (nSPS) is 21.6. The van der Waals surface area contributed by atoms with E-state index in [4.69, 9.17) is 0 Å². The fourth-order valence-corrected chi connectivity index (χ4v) is 5.07. The molecule has 2 aliphatic heterocycles. The second-order valence-corrected chi connectivity index (χ2v) is 9.26. The quantitative estimate of drug-likeness (QED) is 0.772. The Morgan fingerprint density at radius 1 is 1.07 bits per heavy atom. The van der Waals surface area contributed by atoms with Crippen LogP contribution in [0.1, 0.15) is 45.1 Å². The summed E-state index contributed by atoms with van der Waals surface area (Å²) in [5.41, 5.74) is 1.12. The lowest BCUT2D eigenvalue weighted by Gasteiger charge is -2.37. The van der Waals surface area contributed by atoms with Gasteiger partial charge in [0, 0.05) is 55.8 Å². The molecular formula is C25H33N3O2. The number of carbonyl (C=O) groups excluding carboxylic acids is 2. The fourth-order valence-electron chi connectivity index (χ4n) is 5.07. The number of hydrogen-bond acceptors (Lipinski definition) is 3. The minimum absolute atomic E-state index is 0.0805. The van der Waals surface area contributed by atoms with Crippen LogP contribution in [0.3, 0.4) is 0 Å². The average molecular weight is 408 g/mol. The third-order valence-corrected chi connectivity index (χ3v) is 6.82. The molecule has 30 heavy (non-hydrogen) atoms. The first-order valence-corrected chi connectivity index (χ1v) is 11.4. The monoisotopic (exact) mass is 407 g/mol. The van der Waals surface area contributed by atoms with Gasteiger partial charge in [0.15, 0.2) is 0 Å². The van der Waals surface area contributed by atoms with Crippen LogP contribution in [0.25, 0.3) is 10.8 Å². The van der Waals surface area contributed by atoms with Crippen LogP contribution >= 0.6 is 0 Å². The van der Waals surface area contributed by atoms with Gasteiger partial charge >= 0.3 is 0 Å². The number of carbonyl (C=O) groups is 2. The van der Waals surface area contributed by atoms with Gasteiger partial charge in [0.1, 0.15) is 0 Å². The summed E-state index contributed by atoms with van der Waals surface area (Å²) in [5, 5.41) is 2.29. The molecular weight excluding hydrogens is 374 g/mol. The lowest BCUT2D eigenvalue weighted by atomic mass is 9.91. The summed E-state index contributed by atoms with van der Waals surface area (Å²) < 4.78 is 0. The first kappa shape index (κ1) is 20.8. The number of aromatic nitrogens is 1. The zero-order chi connectivity index (χ0) is 21.1. The summed E-state index contributed by atoms with van der Waals surface area (Å²) in [7, 11) is 0. The van der Waals surface area contributed by atoms with E-state index in [0.717, 1.165) is 43.3 Å². The van der Waals surface area contributed by atoms with E-state index < -0.39 is 0 Å². The molecule has 2 atom stereocenters. The van der Waals surface area contributed by atoms with Gasteiger partial charge in [-0.05, 0) is 49.0 Å². The molecule has 0 spiro atoms. The number of nitrogens with zero attached hydrogens (tertiary/aromatic N) is 3. The maximum absolute atomic E-state index is 13.1. The summed E-state index contributed by atoms with van der Waals surface area (Å²) in [4.78, 5) is 34.3. The van der Waals surface area contributed by atoms with E-state index in [9.17, 15) is 9.59 Å². The molecule has 4 rings (SSSR count). The van der Waals surface area contributed by atoms with Crippen LogP contribution < -0.4 is 0 Å². The minimum Gasteiger partial charge on any atom is -0.342 e. The topological polar surface area (TPSA) is 53.5 Å². The molecule has 0 radical (unpaired) electrons. The van der Waals surface area contributed by atoms with E-state index in [1.54, 1.807) is 0 Å². The van der Waals surface area contributed by atoms with Crippen LogP contribution in [-0.4, -0.2) is 52.8 Å². The van der Waals surface area contributed by atoms with Crippen LogP contribution in [0, 0.1) is 17.8 Å². The van der Waals surface area contributed by atoms with Crippen molar-refractivity contribution in [1.82, 2.24) is 14.8 Å². The highest BCUT2D eigenvalue weighted by molar-refractivity contribution is 5.86. The van der Waals surface area contributed by atoms with Crippen molar-refractivity contribution in [3.63, 3.8) is 0 Å². The molecule has 2 aliphatic rings. The van der Waals surface area contributed by atoms with Gasteiger partial charge in [0.2, 0.25) is 11.8 Å². The predicted octanol–water partition coefficient (Wildman–Crippen LogP) is 3.91. The molecule has 0 unspecified atom stereocenters. The Kier molecular flexibility index (Phi) is 6.35. The molecule has 0 aliphatic carbocycles. The Labute approximate surface area is 179 Å². The van der Waals surface area contributed by atoms with Gasteiger partial charge in [0.05, 0.1) is 0 Å². The molecule has 2 aromatic rings. The smallest absolute Gasteiger partial charge is 0.225 e. The number of hydrogen-bond donors (Lipinski definition) is 0. The van der Waals surface area contributed by atoms with Crippen LogP contribution in [0.4, 0.5) is 0 Å². The standard InChI is InChI=1S/C25H33N3O2/c1-18-6-5-11-28(17-18)25(30)20-9-12-27(13-10-20)24(29)19(2)14-22-16-26-15-21-7-3-4-8-23(21)22/h3-4,7-8,15-16,18-20H,5-6,9-14,17H2,1-2H3/t18-,19+/m0/s1. The third kappa shape index (κ3) is 4.50. The third-order valence-electron chi connectivity index (χ3n) is 6.82. The van der Waals surface area contributed by atoms with Crippen molar-refractivity contribution in [3.05, 3.63) is 42.2 Å². The van der Waals surface area contributed by atoms with E-state index in [1.807, 2.05) is 36.4 Å². The summed E-state index contributed by atoms with van der Waals surface area (Å²) in [6, 6.07) is 8.20. The van der Waals surface area contributed by atoms with Crippen molar-refractivity contribution in [1.29, 1.82) is 0 Å². The van der Waals surface area contributed by atoms with E-state index in [-0.39, 0.29) is 17.7 Å². The first-order chi connectivity index (χ1) is 14.5. The highest BCUT2D eigenvalue weighted by Crippen LogP contribution is 2.26. The Bertz CT molecular complexity index is 899. The molecule has 2 saturated heterocycles. The minimum atomic E-state index is -0.0900. The molecule has 0 bridgehead atoms. The highest BCUT2D eigenvalue weighted by atomic mass is 16.2. The van der Waals surface area contributed by atoms with Gasteiger partial charge in [-0.3, -0.25) is 14.6 Å². The zero-order valence-corrected chi connectivity index (χ0v) is 18.2. The van der Waals surface area contributed by atoms with E-state index in [0.29, 0.717) is 31.3 Å². The molecule has 5 heteroatoms. The van der Waals surface area contributed by atoms with Gasteiger partial charge in [-0.1, -0.05) is 38.1 Å².